The zero-order valence-electron chi connectivity index (χ0n) is 23.3. The summed E-state index contributed by atoms with van der Waals surface area (Å²) in [5.74, 6) is -1.79. The molecule has 0 spiro atoms. The zero-order valence-corrected chi connectivity index (χ0v) is 24.9. The number of β-lactam (4-membered cyclic amide) rings is 1. The van der Waals surface area contributed by atoms with E-state index in [2.05, 4.69) is 10.1 Å². The number of amides is 1. The summed E-state index contributed by atoms with van der Waals surface area (Å²) in [6, 6.07) is 5.60. The average molecular weight is 636 g/mol. The molecule has 0 bridgehead atoms. The summed E-state index contributed by atoms with van der Waals surface area (Å²) in [6.07, 6.45) is 6.98. The van der Waals surface area contributed by atoms with Crippen LogP contribution in [-0.2, 0) is 32.3 Å². The van der Waals surface area contributed by atoms with Crippen LogP contribution in [0.2, 0.25) is 0 Å². The molecule has 2 atom stereocenters. The van der Waals surface area contributed by atoms with Gasteiger partial charge in [-0.3, -0.25) is 19.9 Å². The summed E-state index contributed by atoms with van der Waals surface area (Å²) in [6.45, 7) is 0.719. The number of aromatic nitrogens is 3. The molecule has 0 radical (unpaired) electrons. The van der Waals surface area contributed by atoms with Crippen molar-refractivity contribution in [2.75, 3.05) is 18.6 Å². The van der Waals surface area contributed by atoms with Gasteiger partial charge in [0.25, 0.3) is 0 Å². The Labute approximate surface area is 258 Å². The number of Topliss-reactive ketones (excluding diaryl/α,β-unsaturated/α-hetero) is 1. The number of nitrogens with one attached hydrogen (secondary N) is 1. The average Bonchev–Trinajstić information content (AvgIpc) is 3.74. The van der Waals surface area contributed by atoms with Crippen LogP contribution < -0.4 is 16.0 Å². The lowest BCUT2D eigenvalue weighted by atomic mass is 9.89. The molecule has 6 N–H and O–H groups in total. The highest BCUT2D eigenvalue weighted by molar-refractivity contribution is 8.00. The van der Waals surface area contributed by atoms with Gasteiger partial charge in [0.1, 0.15) is 36.4 Å². The van der Waals surface area contributed by atoms with Crippen LogP contribution >= 0.6 is 23.1 Å². The van der Waals surface area contributed by atoms with Crippen molar-refractivity contribution in [3.8, 4) is 0 Å². The number of pyridine rings is 1. The van der Waals surface area contributed by atoms with E-state index in [1.807, 2.05) is 39.9 Å². The monoisotopic (exact) mass is 635 g/mol. The number of hydrogen-bond acceptors (Lipinski definition) is 11. The first-order valence-corrected chi connectivity index (χ1v) is 15.2. The molecule has 6 rings (SSSR count). The maximum absolute atomic E-state index is 13.3. The predicted molar refractivity (Wildman–Crippen MR) is 162 cm³/mol. The van der Waals surface area contributed by atoms with Crippen LogP contribution in [0.5, 0.6) is 0 Å². The summed E-state index contributed by atoms with van der Waals surface area (Å²) in [4.78, 5) is 49.0. The van der Waals surface area contributed by atoms with Gasteiger partial charge in [0.05, 0.1) is 34.3 Å². The van der Waals surface area contributed by atoms with E-state index >= 15 is 0 Å². The molecule has 16 heteroatoms. The van der Waals surface area contributed by atoms with Crippen LogP contribution in [0.3, 0.4) is 0 Å². The van der Waals surface area contributed by atoms with Gasteiger partial charge < -0.3 is 30.4 Å². The van der Waals surface area contributed by atoms with Crippen molar-refractivity contribution in [2.45, 2.75) is 24.9 Å². The topological polar surface area (TPSA) is 207 Å². The molecule has 44 heavy (non-hydrogen) atoms. The number of thioether (sulfide) groups is 1. The molecule has 1 fully saturated rings. The highest BCUT2D eigenvalue weighted by atomic mass is 32.2. The van der Waals surface area contributed by atoms with E-state index in [1.165, 1.54) is 30.0 Å². The third-order valence-electron chi connectivity index (χ3n) is 7.41. The lowest BCUT2D eigenvalue weighted by Crippen LogP contribution is -2.62. The van der Waals surface area contributed by atoms with Gasteiger partial charge in [0.2, 0.25) is 5.91 Å². The summed E-state index contributed by atoms with van der Waals surface area (Å²) in [5, 5.41) is 23.8. The quantitative estimate of drug-likeness (QED) is 0.0617. The smallest absolute Gasteiger partial charge is 0.352 e. The summed E-state index contributed by atoms with van der Waals surface area (Å²) >= 11 is 2.58. The molecule has 4 aromatic heterocycles. The summed E-state index contributed by atoms with van der Waals surface area (Å²) < 4.78 is 9.41. The number of hydrogen-bond donors (Lipinski definition) is 4. The van der Waals surface area contributed by atoms with Gasteiger partial charge >= 0.3 is 5.97 Å². The fourth-order valence-electron chi connectivity index (χ4n) is 5.38. The normalized spacial score (nSPS) is 18.3. The molecular formula is C28H27N8O6S2+. The van der Waals surface area contributed by atoms with Crippen molar-refractivity contribution in [1.82, 2.24) is 14.5 Å². The molecule has 1 saturated heterocycles. The number of nitrogen functional groups attached to an aromatic ring is 2. The second kappa shape index (κ2) is 11.6. The van der Waals surface area contributed by atoms with Gasteiger partial charge in [-0.2, -0.15) is 0 Å². The van der Waals surface area contributed by atoms with Gasteiger partial charge in [-0.25, -0.2) is 14.3 Å². The van der Waals surface area contributed by atoms with Gasteiger partial charge in [0.15, 0.2) is 35.6 Å². The Morgan fingerprint density at radius 2 is 2.18 bits per heavy atom. The number of carbonyl (C=O) groups is 3. The number of carbonyl (C=O) groups excluding carboxylic acids is 2. The van der Waals surface area contributed by atoms with E-state index in [0.717, 1.165) is 22.2 Å². The number of thiazole rings is 1. The molecule has 6 heterocycles. The number of oxime groups is 1. The zero-order chi connectivity index (χ0) is 31.1. The van der Waals surface area contributed by atoms with Crippen LogP contribution in [0.25, 0.3) is 10.9 Å². The molecule has 0 unspecified atom stereocenters. The summed E-state index contributed by atoms with van der Waals surface area (Å²) in [5.41, 5.74) is 13.5. The predicted octanol–water partition coefficient (Wildman–Crippen LogP) is 1.77. The molecule has 2 aliphatic heterocycles. The van der Waals surface area contributed by atoms with Crippen molar-refractivity contribution in [1.29, 1.82) is 5.41 Å². The maximum Gasteiger partial charge on any atom is 0.352 e. The first-order chi connectivity index (χ1) is 21.1. The fourth-order valence-corrected chi connectivity index (χ4v) is 7.34. The van der Waals surface area contributed by atoms with E-state index in [4.69, 9.17) is 26.1 Å². The number of anilines is 1. The van der Waals surface area contributed by atoms with Crippen molar-refractivity contribution in [3.63, 3.8) is 0 Å². The minimum atomic E-state index is -1.20. The van der Waals surface area contributed by atoms with Crippen LogP contribution in [0.15, 0.2) is 69.3 Å². The first kappa shape index (κ1) is 29.1. The van der Waals surface area contributed by atoms with Crippen LogP contribution in [-0.4, -0.2) is 67.0 Å². The molecule has 2 aliphatic rings. The van der Waals surface area contributed by atoms with E-state index in [0.29, 0.717) is 29.2 Å². The van der Waals surface area contributed by atoms with Crippen molar-refractivity contribution in [2.24, 2.45) is 16.8 Å². The minimum absolute atomic E-state index is 0.0344. The third kappa shape index (κ3) is 5.33. The van der Waals surface area contributed by atoms with Gasteiger partial charge in [-0.1, -0.05) is 5.16 Å². The molecule has 226 valence electrons. The van der Waals surface area contributed by atoms with E-state index in [9.17, 15) is 19.5 Å². The van der Waals surface area contributed by atoms with Crippen LogP contribution in [0.1, 0.15) is 23.4 Å². The number of amidine groups is 1. The third-order valence-corrected chi connectivity index (χ3v) is 9.48. The Bertz CT molecular complexity index is 1890. The molecule has 0 aromatic carbocycles. The maximum atomic E-state index is 13.3. The minimum Gasteiger partial charge on any atom is -0.477 e. The number of rotatable bonds is 11. The lowest BCUT2D eigenvalue weighted by molar-refractivity contribution is -0.687. The Kier molecular flexibility index (Phi) is 7.69. The van der Waals surface area contributed by atoms with E-state index < -0.39 is 29.0 Å². The number of carboxylic acids is 1. The first-order valence-electron chi connectivity index (χ1n) is 13.3. The van der Waals surface area contributed by atoms with Gasteiger partial charge in [-0.15, -0.1) is 23.1 Å². The molecule has 0 saturated carbocycles. The van der Waals surface area contributed by atoms with Crippen LogP contribution in [0, 0.1) is 11.3 Å². The summed E-state index contributed by atoms with van der Waals surface area (Å²) in [7, 11) is 1.31. The largest absolute Gasteiger partial charge is 0.477 e. The van der Waals surface area contributed by atoms with Crippen molar-refractivity contribution >= 4 is 68.3 Å². The Balaban J connectivity index is 1.18. The molecular weight excluding hydrogens is 608 g/mol. The SMILES string of the molecule is CO/N=C(\C(=O)C[C@@H]1C(=O)N2C(C(=O)O)=C(C[n+]3ccc4c(ccn4Cc4cc(C(=N)N)co4)c3)CS[C@H]12)c1csc(N)n1. The molecule has 0 aliphatic carbocycles. The van der Waals surface area contributed by atoms with E-state index in [-0.39, 0.29) is 41.0 Å². The second-order valence-corrected chi connectivity index (χ2v) is 12.2. The second-order valence-electron chi connectivity index (χ2n) is 10.2. The molecule has 14 nitrogen and oxygen atoms in total. The van der Waals surface area contributed by atoms with Crippen molar-refractivity contribution < 1.29 is 33.3 Å². The highest BCUT2D eigenvalue weighted by Gasteiger charge is 2.54. The van der Waals surface area contributed by atoms with Gasteiger partial charge in [0, 0.05) is 35.4 Å². The fraction of sp³-hybridized carbons (Fsp3) is 0.250. The Morgan fingerprint density at radius 3 is 2.86 bits per heavy atom. The lowest BCUT2D eigenvalue weighted by Gasteiger charge is -2.49. The number of fused-ring (bicyclic) bond motifs is 2. The standard InChI is InChI=1S/C28H26N8O6S2/c1-41-33-22(19-13-44-28(31)32-19)21(37)7-18-25(38)36-23(27(39)40)16(12-43-26(18)36)9-34-4-3-20-14(8-34)2-5-35(20)10-17-6-15(11-42-17)24(29)30/h2-6,8,11,13,18,26H,7,9-10,12H2,1H3,(H5-,29,30,31,32,39,40)/p+1/b33-22-/t18-,26-/m1/s1. The highest BCUT2D eigenvalue weighted by Crippen LogP contribution is 2.45. The number of nitrogens with zero attached hydrogens (tertiary/aromatic N) is 5. The molecule has 4 aromatic rings. The van der Waals surface area contributed by atoms with Crippen molar-refractivity contribution in [3.05, 3.63) is 76.7 Å². The number of carboxylic acid groups (broad SMARTS) is 1. The van der Waals surface area contributed by atoms with E-state index in [1.54, 1.807) is 11.4 Å². The number of aliphatic carboxylic acids is 1. The number of nitrogens with two attached hydrogens (primary N) is 2. The molecule has 1 amide bonds. The van der Waals surface area contributed by atoms with Gasteiger partial charge in [-0.05, 0) is 12.1 Å². The Hall–Kier alpha value is -4.96. The van der Waals surface area contributed by atoms with Crippen LogP contribution in [0.4, 0.5) is 5.13 Å². The number of ketones is 1. The Morgan fingerprint density at radius 1 is 1.36 bits per heavy atom. The number of furan rings is 1.